The monoisotopic (exact) mass is 436 g/mol. The Balaban J connectivity index is 2.06. The van der Waals surface area contributed by atoms with Gasteiger partial charge in [0.1, 0.15) is 19.3 Å². The predicted molar refractivity (Wildman–Crippen MR) is 108 cm³/mol. The molecule has 1 heterocycles. The highest BCUT2D eigenvalue weighted by Crippen LogP contribution is 2.23. The van der Waals surface area contributed by atoms with E-state index in [4.69, 9.17) is 5.53 Å². The SMILES string of the molecule is CS(=O)(=O)NCc1ccc(-c2ccc([C@@H](O)[C@@H](CF)NC(=O)CN=[N+]=[N-])cc2)cn1. The number of aromatic nitrogens is 1. The molecular weight excluding hydrogens is 415 g/mol. The Kier molecular flexibility index (Phi) is 8.25. The van der Waals surface area contributed by atoms with E-state index < -0.39 is 41.3 Å². The number of rotatable bonds is 10. The van der Waals surface area contributed by atoms with E-state index in [2.05, 4.69) is 25.0 Å². The number of halogens is 1. The average molecular weight is 436 g/mol. The lowest BCUT2D eigenvalue weighted by Crippen LogP contribution is -2.41. The van der Waals surface area contributed by atoms with Gasteiger partial charge in [-0.1, -0.05) is 35.4 Å². The van der Waals surface area contributed by atoms with E-state index in [1.165, 1.54) is 0 Å². The summed E-state index contributed by atoms with van der Waals surface area (Å²) in [5.74, 6) is -0.692. The maximum atomic E-state index is 13.3. The van der Waals surface area contributed by atoms with E-state index in [0.29, 0.717) is 11.3 Å². The molecule has 3 N–H and O–H groups in total. The van der Waals surface area contributed by atoms with Crippen LogP contribution in [-0.4, -0.2) is 49.9 Å². The van der Waals surface area contributed by atoms with Crippen LogP contribution in [0.5, 0.6) is 0 Å². The Morgan fingerprint density at radius 1 is 1.27 bits per heavy atom. The highest BCUT2D eigenvalue weighted by atomic mass is 32.2. The van der Waals surface area contributed by atoms with Crippen molar-refractivity contribution in [3.05, 3.63) is 64.3 Å². The minimum atomic E-state index is -3.31. The number of hydrogen-bond acceptors (Lipinski definition) is 6. The highest BCUT2D eigenvalue weighted by Gasteiger charge is 2.22. The Morgan fingerprint density at radius 3 is 2.47 bits per heavy atom. The number of hydrogen-bond donors (Lipinski definition) is 3. The van der Waals surface area contributed by atoms with Crippen LogP contribution in [-0.2, 0) is 21.4 Å². The molecule has 30 heavy (non-hydrogen) atoms. The number of carbonyl (C=O) groups is 1. The van der Waals surface area contributed by atoms with E-state index in [1.807, 2.05) is 0 Å². The molecule has 2 aromatic rings. The summed E-state index contributed by atoms with van der Waals surface area (Å²) in [6.07, 6.45) is 1.36. The number of benzene rings is 1. The zero-order valence-corrected chi connectivity index (χ0v) is 16.9. The fraction of sp³-hybridized carbons (Fsp3) is 0.333. The molecule has 0 saturated carbocycles. The lowest BCUT2D eigenvalue weighted by Gasteiger charge is -2.21. The second-order valence-corrected chi connectivity index (χ2v) is 8.25. The molecule has 0 radical (unpaired) electrons. The molecule has 12 heteroatoms. The van der Waals surface area contributed by atoms with Gasteiger partial charge in [0.25, 0.3) is 0 Å². The quantitative estimate of drug-likeness (QED) is 0.293. The van der Waals surface area contributed by atoms with Crippen molar-refractivity contribution in [3.8, 4) is 11.1 Å². The third-order valence-corrected chi connectivity index (χ3v) is 4.77. The highest BCUT2D eigenvalue weighted by molar-refractivity contribution is 7.88. The molecule has 2 atom stereocenters. The summed E-state index contributed by atoms with van der Waals surface area (Å²) in [4.78, 5) is 18.2. The van der Waals surface area contributed by atoms with Gasteiger partial charge in [-0.15, -0.1) is 0 Å². The van der Waals surface area contributed by atoms with Crippen LogP contribution in [0.4, 0.5) is 4.39 Å². The molecular formula is C18H21FN6O4S. The number of azide groups is 1. The number of aliphatic hydroxyl groups is 1. The predicted octanol–water partition coefficient (Wildman–Crippen LogP) is 1.60. The van der Waals surface area contributed by atoms with Crippen LogP contribution in [0, 0.1) is 0 Å². The minimum absolute atomic E-state index is 0.0836. The van der Waals surface area contributed by atoms with Crippen molar-refractivity contribution in [2.75, 3.05) is 19.5 Å². The summed E-state index contributed by atoms with van der Waals surface area (Å²) in [5.41, 5.74) is 10.7. The number of aliphatic hydroxyl groups excluding tert-OH is 1. The van der Waals surface area contributed by atoms with Crippen LogP contribution in [0.15, 0.2) is 47.7 Å². The first-order chi connectivity index (χ1) is 14.2. The molecule has 0 saturated heterocycles. The average Bonchev–Trinajstić information content (AvgIpc) is 2.74. The molecule has 0 unspecified atom stereocenters. The molecule has 160 valence electrons. The second-order valence-electron chi connectivity index (χ2n) is 6.42. The third kappa shape index (κ3) is 7.08. The summed E-state index contributed by atoms with van der Waals surface area (Å²) in [7, 11) is -3.31. The van der Waals surface area contributed by atoms with Gasteiger partial charge in [0.2, 0.25) is 15.9 Å². The largest absolute Gasteiger partial charge is 0.386 e. The lowest BCUT2D eigenvalue weighted by molar-refractivity contribution is -0.121. The Hall–Kier alpha value is -3.05. The molecule has 1 amide bonds. The molecule has 0 aliphatic heterocycles. The summed E-state index contributed by atoms with van der Waals surface area (Å²) >= 11 is 0. The molecule has 0 fully saturated rings. The van der Waals surface area contributed by atoms with Crippen LogP contribution in [0.1, 0.15) is 17.4 Å². The summed E-state index contributed by atoms with van der Waals surface area (Å²) in [6.45, 7) is -1.40. The van der Waals surface area contributed by atoms with Gasteiger partial charge < -0.3 is 10.4 Å². The Labute approximate surface area is 172 Å². The van der Waals surface area contributed by atoms with Gasteiger partial charge in [-0.3, -0.25) is 9.78 Å². The molecule has 0 spiro atoms. The number of carbonyl (C=O) groups excluding carboxylic acids is 1. The molecule has 2 rings (SSSR count). The van der Waals surface area contributed by atoms with E-state index in [9.17, 15) is 22.7 Å². The number of sulfonamides is 1. The standard InChI is InChI=1S/C18H21FN6O4S/c1-30(28,29)23-10-15-7-6-14(9-21-15)12-2-4-13(5-3-12)18(27)16(8-19)24-17(26)11-22-25-20/h2-7,9,16,18,23,27H,8,10-11H2,1H3,(H,24,26)/t16-,18-/m1/s1. The molecule has 0 aliphatic carbocycles. The summed E-state index contributed by atoms with van der Waals surface area (Å²) in [5, 5.41) is 15.7. The van der Waals surface area contributed by atoms with Crippen molar-refractivity contribution in [3.63, 3.8) is 0 Å². The van der Waals surface area contributed by atoms with Crippen molar-refractivity contribution in [1.29, 1.82) is 0 Å². The van der Waals surface area contributed by atoms with Gasteiger partial charge in [0, 0.05) is 16.7 Å². The summed E-state index contributed by atoms with van der Waals surface area (Å²) in [6, 6.07) is 8.90. The first-order valence-electron chi connectivity index (χ1n) is 8.77. The van der Waals surface area contributed by atoms with Gasteiger partial charge in [-0.2, -0.15) is 0 Å². The van der Waals surface area contributed by atoms with Crippen molar-refractivity contribution in [2.24, 2.45) is 5.11 Å². The van der Waals surface area contributed by atoms with Crippen molar-refractivity contribution in [2.45, 2.75) is 18.7 Å². The number of nitrogens with one attached hydrogen (secondary N) is 2. The lowest BCUT2D eigenvalue weighted by atomic mass is 9.99. The number of amides is 1. The molecule has 0 bridgehead atoms. The minimum Gasteiger partial charge on any atom is -0.386 e. The van der Waals surface area contributed by atoms with Crippen molar-refractivity contribution < 1.29 is 22.7 Å². The fourth-order valence-corrected chi connectivity index (χ4v) is 2.97. The smallest absolute Gasteiger partial charge is 0.226 e. The topological polar surface area (TPSA) is 157 Å². The maximum Gasteiger partial charge on any atom is 0.226 e. The van der Waals surface area contributed by atoms with Gasteiger partial charge in [-0.25, -0.2) is 17.5 Å². The fourth-order valence-electron chi connectivity index (χ4n) is 2.56. The zero-order valence-electron chi connectivity index (χ0n) is 16.1. The second kappa shape index (κ2) is 10.6. The van der Waals surface area contributed by atoms with E-state index in [0.717, 1.165) is 17.4 Å². The Bertz CT molecular complexity index is 1010. The van der Waals surface area contributed by atoms with Crippen molar-refractivity contribution >= 4 is 15.9 Å². The summed E-state index contributed by atoms with van der Waals surface area (Å²) < 4.78 is 37.9. The van der Waals surface area contributed by atoms with Crippen LogP contribution in [0.3, 0.4) is 0 Å². The van der Waals surface area contributed by atoms with Crippen LogP contribution in [0.25, 0.3) is 21.6 Å². The van der Waals surface area contributed by atoms with Crippen molar-refractivity contribution in [1.82, 2.24) is 15.0 Å². The third-order valence-electron chi connectivity index (χ3n) is 4.10. The van der Waals surface area contributed by atoms with Gasteiger partial charge in [0.05, 0.1) is 24.5 Å². The number of nitrogens with zero attached hydrogens (tertiary/aromatic N) is 4. The first kappa shape index (κ1) is 23.2. The molecule has 10 nitrogen and oxygen atoms in total. The van der Waals surface area contributed by atoms with E-state index in [-0.39, 0.29) is 6.54 Å². The molecule has 1 aromatic heterocycles. The zero-order chi connectivity index (χ0) is 22.1. The van der Waals surface area contributed by atoms with Gasteiger partial charge in [-0.05, 0) is 22.7 Å². The van der Waals surface area contributed by atoms with E-state index >= 15 is 0 Å². The molecule has 0 aliphatic rings. The number of alkyl halides is 1. The normalized spacial score (nSPS) is 13.2. The van der Waals surface area contributed by atoms with Crippen LogP contribution < -0.4 is 10.0 Å². The molecule has 1 aromatic carbocycles. The van der Waals surface area contributed by atoms with Gasteiger partial charge >= 0.3 is 0 Å². The first-order valence-corrected chi connectivity index (χ1v) is 10.7. The van der Waals surface area contributed by atoms with Crippen LogP contribution >= 0.6 is 0 Å². The maximum absolute atomic E-state index is 13.3. The van der Waals surface area contributed by atoms with Crippen LogP contribution in [0.2, 0.25) is 0 Å². The van der Waals surface area contributed by atoms with E-state index in [1.54, 1.807) is 42.6 Å². The number of pyridine rings is 1. The Morgan fingerprint density at radius 2 is 1.93 bits per heavy atom. The van der Waals surface area contributed by atoms with Gasteiger partial charge in [0.15, 0.2) is 0 Å².